The molecule has 0 radical (unpaired) electrons. The summed E-state index contributed by atoms with van der Waals surface area (Å²) < 4.78 is 0. The highest BCUT2D eigenvalue weighted by atomic mass is 16.2. The molecule has 2 amide bonds. The van der Waals surface area contributed by atoms with Gasteiger partial charge in [-0.05, 0) is 24.7 Å². The molecule has 1 rings (SSSR count). The number of rotatable bonds is 6. The summed E-state index contributed by atoms with van der Waals surface area (Å²) in [6, 6.07) is -0.00125. The minimum Gasteiger partial charge on any atom is -0.338 e. The van der Waals surface area contributed by atoms with Gasteiger partial charge in [-0.2, -0.15) is 0 Å². The SMILES string of the molecule is CC(C)CCNC(=O)NCCC1CCCC1. The lowest BCUT2D eigenvalue weighted by Gasteiger charge is -2.11. The predicted molar refractivity (Wildman–Crippen MR) is 67.4 cm³/mol. The van der Waals surface area contributed by atoms with Crippen molar-refractivity contribution in [3.8, 4) is 0 Å². The van der Waals surface area contributed by atoms with Crippen molar-refractivity contribution in [1.82, 2.24) is 10.6 Å². The molecule has 0 unspecified atom stereocenters. The van der Waals surface area contributed by atoms with Crippen molar-refractivity contribution in [2.45, 2.75) is 52.4 Å². The van der Waals surface area contributed by atoms with E-state index < -0.39 is 0 Å². The van der Waals surface area contributed by atoms with E-state index in [0.717, 1.165) is 31.8 Å². The van der Waals surface area contributed by atoms with Crippen LogP contribution in [0, 0.1) is 11.8 Å². The van der Waals surface area contributed by atoms with Crippen LogP contribution >= 0.6 is 0 Å². The molecule has 0 atom stereocenters. The molecule has 0 heterocycles. The van der Waals surface area contributed by atoms with Crippen LogP contribution in [-0.4, -0.2) is 19.1 Å². The fraction of sp³-hybridized carbons (Fsp3) is 0.923. The summed E-state index contributed by atoms with van der Waals surface area (Å²) in [5, 5.41) is 5.82. The third-order valence-electron chi connectivity index (χ3n) is 3.32. The summed E-state index contributed by atoms with van der Waals surface area (Å²) in [7, 11) is 0. The minimum absolute atomic E-state index is 0.00125. The quantitative estimate of drug-likeness (QED) is 0.718. The van der Waals surface area contributed by atoms with Crippen LogP contribution in [0.3, 0.4) is 0 Å². The summed E-state index contributed by atoms with van der Waals surface area (Å²) in [6.07, 6.45) is 7.68. The summed E-state index contributed by atoms with van der Waals surface area (Å²) >= 11 is 0. The van der Waals surface area contributed by atoms with E-state index in [1.54, 1.807) is 0 Å². The fourth-order valence-corrected chi connectivity index (χ4v) is 2.23. The molecule has 1 aliphatic rings. The Morgan fingerprint density at radius 2 is 1.81 bits per heavy atom. The van der Waals surface area contributed by atoms with Gasteiger partial charge in [0, 0.05) is 13.1 Å². The van der Waals surface area contributed by atoms with Crippen LogP contribution in [0.15, 0.2) is 0 Å². The van der Waals surface area contributed by atoms with Crippen LogP contribution in [0.25, 0.3) is 0 Å². The number of hydrogen-bond donors (Lipinski definition) is 2. The van der Waals surface area contributed by atoms with Crippen molar-refractivity contribution < 1.29 is 4.79 Å². The molecule has 0 aromatic rings. The molecular weight excluding hydrogens is 200 g/mol. The van der Waals surface area contributed by atoms with Crippen LogP contribution in [0.1, 0.15) is 52.4 Å². The zero-order chi connectivity index (χ0) is 11.8. The van der Waals surface area contributed by atoms with Crippen LogP contribution in [-0.2, 0) is 0 Å². The maximum atomic E-state index is 11.4. The van der Waals surface area contributed by atoms with Crippen molar-refractivity contribution in [2.75, 3.05) is 13.1 Å². The van der Waals surface area contributed by atoms with Gasteiger partial charge in [-0.25, -0.2) is 4.79 Å². The lowest BCUT2D eigenvalue weighted by atomic mass is 10.0. The molecular formula is C13H26N2O. The monoisotopic (exact) mass is 226 g/mol. The zero-order valence-corrected chi connectivity index (χ0v) is 10.7. The molecule has 1 fully saturated rings. The minimum atomic E-state index is -0.00125. The van der Waals surface area contributed by atoms with Gasteiger partial charge < -0.3 is 10.6 Å². The van der Waals surface area contributed by atoms with Gasteiger partial charge in [-0.3, -0.25) is 0 Å². The lowest BCUT2D eigenvalue weighted by molar-refractivity contribution is 0.239. The summed E-state index contributed by atoms with van der Waals surface area (Å²) in [5.74, 6) is 1.51. The summed E-state index contributed by atoms with van der Waals surface area (Å²) in [5.41, 5.74) is 0. The topological polar surface area (TPSA) is 41.1 Å². The molecule has 1 saturated carbocycles. The molecule has 94 valence electrons. The zero-order valence-electron chi connectivity index (χ0n) is 10.7. The number of nitrogens with one attached hydrogen (secondary N) is 2. The smallest absolute Gasteiger partial charge is 0.314 e. The Balaban J connectivity index is 1.93. The number of hydrogen-bond acceptors (Lipinski definition) is 1. The van der Waals surface area contributed by atoms with Crippen molar-refractivity contribution in [1.29, 1.82) is 0 Å². The lowest BCUT2D eigenvalue weighted by Crippen LogP contribution is -2.37. The van der Waals surface area contributed by atoms with E-state index in [2.05, 4.69) is 24.5 Å². The second-order valence-corrected chi connectivity index (χ2v) is 5.30. The normalized spacial score (nSPS) is 16.7. The second-order valence-electron chi connectivity index (χ2n) is 5.30. The Hall–Kier alpha value is -0.730. The average molecular weight is 226 g/mol. The molecule has 3 heteroatoms. The van der Waals surface area contributed by atoms with E-state index in [1.807, 2.05) is 0 Å². The molecule has 0 aliphatic heterocycles. The number of carbonyl (C=O) groups is 1. The van der Waals surface area contributed by atoms with Gasteiger partial charge in [0.1, 0.15) is 0 Å². The first-order valence-corrected chi connectivity index (χ1v) is 6.70. The maximum Gasteiger partial charge on any atom is 0.314 e. The van der Waals surface area contributed by atoms with E-state index in [0.29, 0.717) is 5.92 Å². The Bertz CT molecular complexity index is 198. The van der Waals surface area contributed by atoms with Crippen molar-refractivity contribution in [3.05, 3.63) is 0 Å². The van der Waals surface area contributed by atoms with E-state index >= 15 is 0 Å². The van der Waals surface area contributed by atoms with Gasteiger partial charge in [-0.1, -0.05) is 39.5 Å². The van der Waals surface area contributed by atoms with Gasteiger partial charge in [0.25, 0.3) is 0 Å². The highest BCUT2D eigenvalue weighted by Crippen LogP contribution is 2.26. The number of amides is 2. The van der Waals surface area contributed by atoms with E-state index in [9.17, 15) is 4.79 Å². The Kier molecular flexibility index (Phi) is 6.27. The van der Waals surface area contributed by atoms with E-state index in [-0.39, 0.29) is 6.03 Å². The number of carbonyl (C=O) groups excluding carboxylic acids is 1. The molecule has 0 saturated heterocycles. The fourth-order valence-electron chi connectivity index (χ4n) is 2.23. The number of urea groups is 1. The summed E-state index contributed by atoms with van der Waals surface area (Å²) in [4.78, 5) is 11.4. The van der Waals surface area contributed by atoms with Gasteiger partial charge in [0.15, 0.2) is 0 Å². The average Bonchev–Trinajstić information content (AvgIpc) is 2.70. The Morgan fingerprint density at radius 3 is 2.44 bits per heavy atom. The third-order valence-corrected chi connectivity index (χ3v) is 3.32. The highest BCUT2D eigenvalue weighted by molar-refractivity contribution is 5.73. The van der Waals surface area contributed by atoms with Crippen LogP contribution in [0.2, 0.25) is 0 Å². The second kappa shape index (κ2) is 7.53. The van der Waals surface area contributed by atoms with E-state index in [4.69, 9.17) is 0 Å². The van der Waals surface area contributed by atoms with Crippen molar-refractivity contribution >= 4 is 6.03 Å². The Labute approximate surface area is 99.4 Å². The first-order valence-electron chi connectivity index (χ1n) is 6.70. The molecule has 0 aromatic carbocycles. The van der Waals surface area contributed by atoms with Crippen LogP contribution in [0.5, 0.6) is 0 Å². The van der Waals surface area contributed by atoms with Crippen LogP contribution in [0.4, 0.5) is 4.79 Å². The third kappa shape index (κ3) is 5.99. The molecule has 0 spiro atoms. The molecule has 0 aromatic heterocycles. The molecule has 0 bridgehead atoms. The largest absolute Gasteiger partial charge is 0.338 e. The molecule has 16 heavy (non-hydrogen) atoms. The standard InChI is InChI=1S/C13H26N2O/c1-11(2)7-9-14-13(16)15-10-8-12-5-3-4-6-12/h11-12H,3-10H2,1-2H3,(H2,14,15,16). The predicted octanol–water partition coefficient (Wildman–Crippen LogP) is 2.91. The van der Waals surface area contributed by atoms with Gasteiger partial charge in [0.05, 0.1) is 0 Å². The van der Waals surface area contributed by atoms with Gasteiger partial charge >= 0.3 is 6.03 Å². The Morgan fingerprint density at radius 1 is 1.19 bits per heavy atom. The van der Waals surface area contributed by atoms with Crippen LogP contribution < -0.4 is 10.6 Å². The highest BCUT2D eigenvalue weighted by Gasteiger charge is 2.14. The van der Waals surface area contributed by atoms with Crippen molar-refractivity contribution in [3.63, 3.8) is 0 Å². The maximum absolute atomic E-state index is 11.4. The van der Waals surface area contributed by atoms with E-state index in [1.165, 1.54) is 25.7 Å². The van der Waals surface area contributed by atoms with Gasteiger partial charge in [-0.15, -0.1) is 0 Å². The first kappa shape index (κ1) is 13.3. The molecule has 2 N–H and O–H groups in total. The van der Waals surface area contributed by atoms with Gasteiger partial charge in [0.2, 0.25) is 0 Å². The molecule has 3 nitrogen and oxygen atoms in total. The first-order chi connectivity index (χ1) is 7.68. The molecule has 1 aliphatic carbocycles. The van der Waals surface area contributed by atoms with Crippen molar-refractivity contribution in [2.24, 2.45) is 11.8 Å². The summed E-state index contributed by atoms with van der Waals surface area (Å²) in [6.45, 7) is 5.95.